The maximum Gasteiger partial charge on any atom is 0.270 e. The van der Waals surface area contributed by atoms with E-state index in [1.807, 2.05) is 34.8 Å². The van der Waals surface area contributed by atoms with E-state index >= 15 is 0 Å². The first kappa shape index (κ1) is 15.1. The van der Waals surface area contributed by atoms with Crippen LogP contribution in [0, 0.1) is 0 Å². The highest BCUT2D eigenvalue weighted by atomic mass is 16.2. The van der Waals surface area contributed by atoms with Crippen LogP contribution in [0.15, 0.2) is 18.3 Å². The molecule has 1 saturated heterocycles. The number of nitrogens with one attached hydrogen (secondary N) is 1. The smallest absolute Gasteiger partial charge is 0.270 e. The molecule has 5 nitrogen and oxygen atoms in total. The fraction of sp³-hybridized carbons (Fsp3) is 0.667. The first-order chi connectivity index (χ1) is 9.59. The maximum atomic E-state index is 12.5. The molecule has 0 aromatic carbocycles. The Morgan fingerprint density at radius 2 is 2.10 bits per heavy atom. The van der Waals surface area contributed by atoms with Crippen LogP contribution in [0.3, 0.4) is 0 Å². The monoisotopic (exact) mass is 278 g/mol. The lowest BCUT2D eigenvalue weighted by molar-refractivity contribution is 0.0762. The van der Waals surface area contributed by atoms with Crippen LogP contribution in [0.5, 0.6) is 0 Å². The Labute approximate surface area is 121 Å². The molecule has 2 rings (SSSR count). The van der Waals surface area contributed by atoms with Gasteiger partial charge in [-0.25, -0.2) is 0 Å². The molecule has 20 heavy (non-hydrogen) atoms. The maximum absolute atomic E-state index is 12.5. The topological polar surface area (TPSA) is 40.5 Å². The summed E-state index contributed by atoms with van der Waals surface area (Å²) in [5, 5.41) is 3.34. The van der Waals surface area contributed by atoms with Gasteiger partial charge in [0.25, 0.3) is 5.91 Å². The van der Waals surface area contributed by atoms with Gasteiger partial charge in [0.1, 0.15) is 5.69 Å². The van der Waals surface area contributed by atoms with Gasteiger partial charge in [0, 0.05) is 58.6 Å². The van der Waals surface area contributed by atoms with Crippen molar-refractivity contribution in [3.05, 3.63) is 24.0 Å². The number of rotatable bonds is 5. The predicted molar refractivity (Wildman–Crippen MR) is 81.1 cm³/mol. The SMILES string of the molecule is CC(C)n1cccc1C(=O)N(C)CCN1CCNCC1. The molecule has 1 amide bonds. The van der Waals surface area contributed by atoms with E-state index in [-0.39, 0.29) is 5.91 Å². The molecule has 0 aliphatic carbocycles. The summed E-state index contributed by atoms with van der Waals surface area (Å²) < 4.78 is 2.03. The highest BCUT2D eigenvalue weighted by Crippen LogP contribution is 2.12. The number of nitrogens with zero attached hydrogens (tertiary/aromatic N) is 3. The molecule has 1 fully saturated rings. The lowest BCUT2D eigenvalue weighted by atomic mass is 10.3. The van der Waals surface area contributed by atoms with Gasteiger partial charge >= 0.3 is 0 Å². The average Bonchev–Trinajstić information content (AvgIpc) is 2.94. The Morgan fingerprint density at radius 3 is 2.75 bits per heavy atom. The Morgan fingerprint density at radius 1 is 1.40 bits per heavy atom. The van der Waals surface area contributed by atoms with Crippen molar-refractivity contribution in [2.75, 3.05) is 46.3 Å². The number of amides is 1. The van der Waals surface area contributed by atoms with Crippen molar-refractivity contribution in [2.45, 2.75) is 19.9 Å². The van der Waals surface area contributed by atoms with Crippen molar-refractivity contribution < 1.29 is 4.79 Å². The second kappa shape index (κ2) is 6.90. The third-order valence-corrected chi connectivity index (χ3v) is 3.86. The number of carbonyl (C=O) groups excluding carboxylic acids is 1. The molecule has 0 saturated carbocycles. The van der Waals surface area contributed by atoms with Crippen LogP contribution >= 0.6 is 0 Å². The van der Waals surface area contributed by atoms with Gasteiger partial charge in [0.2, 0.25) is 0 Å². The number of piperazine rings is 1. The summed E-state index contributed by atoms with van der Waals surface area (Å²) in [7, 11) is 1.89. The number of aromatic nitrogens is 1. The van der Waals surface area contributed by atoms with Crippen molar-refractivity contribution in [2.24, 2.45) is 0 Å². The predicted octanol–water partition coefficient (Wildman–Crippen LogP) is 1.05. The van der Waals surface area contributed by atoms with Crippen molar-refractivity contribution >= 4 is 5.91 Å². The molecule has 1 aromatic rings. The fourth-order valence-electron chi connectivity index (χ4n) is 2.55. The highest BCUT2D eigenvalue weighted by molar-refractivity contribution is 5.92. The number of likely N-dealkylation sites (N-methyl/N-ethyl adjacent to an activating group) is 1. The van der Waals surface area contributed by atoms with Gasteiger partial charge in [-0.2, -0.15) is 0 Å². The quantitative estimate of drug-likeness (QED) is 0.875. The zero-order valence-electron chi connectivity index (χ0n) is 12.8. The molecule has 2 heterocycles. The minimum atomic E-state index is 0.110. The van der Waals surface area contributed by atoms with Crippen LogP contribution < -0.4 is 5.32 Å². The molecular formula is C15H26N4O. The molecule has 0 spiro atoms. The van der Waals surface area contributed by atoms with Crippen molar-refractivity contribution in [1.82, 2.24) is 19.7 Å². The molecule has 0 radical (unpaired) electrons. The normalized spacial score (nSPS) is 16.6. The van der Waals surface area contributed by atoms with E-state index in [2.05, 4.69) is 24.1 Å². The van der Waals surface area contributed by atoms with E-state index in [9.17, 15) is 4.79 Å². The third kappa shape index (κ3) is 3.61. The van der Waals surface area contributed by atoms with Crippen molar-refractivity contribution in [1.29, 1.82) is 0 Å². The minimum absolute atomic E-state index is 0.110. The first-order valence-corrected chi connectivity index (χ1v) is 7.45. The lowest BCUT2D eigenvalue weighted by Crippen LogP contribution is -2.46. The van der Waals surface area contributed by atoms with Crippen LogP contribution in [0.1, 0.15) is 30.4 Å². The van der Waals surface area contributed by atoms with Crippen LogP contribution in [0.25, 0.3) is 0 Å². The largest absolute Gasteiger partial charge is 0.341 e. The molecule has 0 atom stereocenters. The van der Waals surface area contributed by atoms with Crippen LogP contribution in [-0.4, -0.2) is 66.6 Å². The Kier molecular flexibility index (Phi) is 5.20. The van der Waals surface area contributed by atoms with E-state index in [0.717, 1.165) is 45.0 Å². The summed E-state index contributed by atoms with van der Waals surface area (Å²) in [6.45, 7) is 10.2. The fourth-order valence-corrected chi connectivity index (χ4v) is 2.55. The van der Waals surface area contributed by atoms with Crippen molar-refractivity contribution in [3.63, 3.8) is 0 Å². The van der Waals surface area contributed by atoms with Gasteiger partial charge in [0.05, 0.1) is 0 Å². The van der Waals surface area contributed by atoms with Gasteiger partial charge < -0.3 is 14.8 Å². The second-order valence-corrected chi connectivity index (χ2v) is 5.71. The van der Waals surface area contributed by atoms with Crippen LogP contribution in [0.2, 0.25) is 0 Å². The summed E-state index contributed by atoms with van der Waals surface area (Å²) in [5.74, 6) is 0.110. The minimum Gasteiger partial charge on any atom is -0.341 e. The zero-order chi connectivity index (χ0) is 14.5. The Bertz CT molecular complexity index is 435. The van der Waals surface area contributed by atoms with Crippen LogP contribution in [0.4, 0.5) is 0 Å². The summed E-state index contributed by atoms with van der Waals surface area (Å²) in [6.07, 6.45) is 1.97. The van der Waals surface area contributed by atoms with E-state index in [4.69, 9.17) is 0 Å². The number of carbonyl (C=O) groups is 1. The Balaban J connectivity index is 1.89. The summed E-state index contributed by atoms with van der Waals surface area (Å²) in [5.41, 5.74) is 0.780. The van der Waals surface area contributed by atoms with Gasteiger partial charge in [-0.1, -0.05) is 0 Å². The van der Waals surface area contributed by atoms with Gasteiger partial charge in [-0.05, 0) is 26.0 Å². The van der Waals surface area contributed by atoms with E-state index < -0.39 is 0 Å². The molecule has 1 N–H and O–H groups in total. The molecule has 112 valence electrons. The zero-order valence-corrected chi connectivity index (χ0v) is 12.8. The van der Waals surface area contributed by atoms with E-state index in [1.54, 1.807) is 0 Å². The van der Waals surface area contributed by atoms with E-state index in [1.165, 1.54) is 0 Å². The molecule has 1 aromatic heterocycles. The second-order valence-electron chi connectivity index (χ2n) is 5.71. The summed E-state index contributed by atoms with van der Waals surface area (Å²) in [4.78, 5) is 16.7. The average molecular weight is 278 g/mol. The highest BCUT2D eigenvalue weighted by Gasteiger charge is 2.18. The van der Waals surface area contributed by atoms with Gasteiger partial charge in [-0.3, -0.25) is 9.69 Å². The van der Waals surface area contributed by atoms with Gasteiger partial charge in [-0.15, -0.1) is 0 Å². The van der Waals surface area contributed by atoms with E-state index in [0.29, 0.717) is 6.04 Å². The number of hydrogen-bond acceptors (Lipinski definition) is 3. The van der Waals surface area contributed by atoms with Crippen LogP contribution in [-0.2, 0) is 0 Å². The molecule has 1 aliphatic heterocycles. The molecule has 0 bridgehead atoms. The van der Waals surface area contributed by atoms with Gasteiger partial charge in [0.15, 0.2) is 0 Å². The third-order valence-electron chi connectivity index (χ3n) is 3.86. The lowest BCUT2D eigenvalue weighted by Gasteiger charge is -2.29. The summed E-state index contributed by atoms with van der Waals surface area (Å²) >= 11 is 0. The molecular weight excluding hydrogens is 252 g/mol. The van der Waals surface area contributed by atoms with Crippen molar-refractivity contribution in [3.8, 4) is 0 Å². The standard InChI is InChI=1S/C15H26N4O/c1-13(2)19-8-4-5-14(19)15(20)17(3)11-12-18-9-6-16-7-10-18/h4-5,8,13,16H,6-7,9-12H2,1-3H3. The number of hydrogen-bond donors (Lipinski definition) is 1. The molecule has 1 aliphatic rings. The Hall–Kier alpha value is -1.33. The molecule has 5 heteroatoms. The molecule has 0 unspecified atom stereocenters. The first-order valence-electron chi connectivity index (χ1n) is 7.45. The summed E-state index contributed by atoms with van der Waals surface area (Å²) in [6, 6.07) is 4.16.